The van der Waals surface area contributed by atoms with Crippen LogP contribution in [0.3, 0.4) is 0 Å². The number of aliphatic hydroxyl groups excluding tert-OH is 1. The Morgan fingerprint density at radius 1 is 1.33 bits per heavy atom. The molecule has 1 aliphatic rings. The van der Waals surface area contributed by atoms with Gasteiger partial charge in [-0.3, -0.25) is 0 Å². The number of benzene rings is 1. The smallest absolute Gasteiger partial charge is 0.434 e. The molecule has 1 aliphatic heterocycles. The van der Waals surface area contributed by atoms with Crippen LogP contribution in [-0.4, -0.2) is 52.4 Å². The first kappa shape index (κ1) is 19.7. The molecule has 3 rings (SSSR count). The fourth-order valence-corrected chi connectivity index (χ4v) is 3.44. The van der Waals surface area contributed by atoms with Gasteiger partial charge < -0.3 is 19.3 Å². The molecule has 148 valence electrons. The van der Waals surface area contributed by atoms with Crippen LogP contribution in [0.4, 0.5) is 13.2 Å². The average molecular weight is 383 g/mol. The minimum absolute atomic E-state index is 0.194. The molecule has 27 heavy (non-hydrogen) atoms. The number of imidazole rings is 1. The monoisotopic (exact) mass is 383 g/mol. The summed E-state index contributed by atoms with van der Waals surface area (Å²) in [6.07, 6.45) is -2.62. The first-order valence-corrected chi connectivity index (χ1v) is 8.99. The second kappa shape index (κ2) is 8.31. The largest absolute Gasteiger partial charge is 0.491 e. The van der Waals surface area contributed by atoms with Gasteiger partial charge in [0.2, 0.25) is 0 Å². The van der Waals surface area contributed by atoms with E-state index in [9.17, 15) is 18.3 Å². The highest BCUT2D eigenvalue weighted by molar-refractivity contribution is 5.20. The Bertz CT molecular complexity index is 734. The van der Waals surface area contributed by atoms with E-state index in [4.69, 9.17) is 4.74 Å². The topological polar surface area (TPSA) is 50.5 Å². The molecule has 0 fully saturated rings. The number of likely N-dealkylation sites (N-methyl/N-ethyl adjacent to an activating group) is 1. The number of nitrogens with zero attached hydrogens (tertiary/aromatic N) is 3. The van der Waals surface area contributed by atoms with Crippen molar-refractivity contribution in [3.8, 4) is 5.75 Å². The van der Waals surface area contributed by atoms with Crippen LogP contribution >= 0.6 is 0 Å². The number of fused-ring (bicyclic) bond motifs is 1. The van der Waals surface area contributed by atoms with Gasteiger partial charge in [-0.25, -0.2) is 4.98 Å². The molecule has 1 N–H and O–H groups in total. The molecule has 1 aromatic carbocycles. The number of hydrogen-bond acceptors (Lipinski definition) is 4. The predicted octanol–water partition coefficient (Wildman–Crippen LogP) is 2.84. The molecule has 2 atom stereocenters. The lowest BCUT2D eigenvalue weighted by molar-refractivity contribution is -0.141. The molecule has 5 nitrogen and oxygen atoms in total. The van der Waals surface area contributed by atoms with Crippen LogP contribution in [0.25, 0.3) is 0 Å². The highest BCUT2D eigenvalue weighted by Gasteiger charge is 2.35. The standard InChI is InChI=1S/C19H24F3N3O2/c1-24(11-15(26)13-27-16-5-3-2-4-6-16)9-14-7-8-18-23-17(19(20,21)22)12-25(18)10-14/h2-6,12,14-15,26H,7-11,13H2,1H3/t14-,15-/m0/s1. The van der Waals surface area contributed by atoms with E-state index in [-0.39, 0.29) is 12.5 Å². The minimum atomic E-state index is -4.40. The zero-order valence-corrected chi connectivity index (χ0v) is 15.2. The molecule has 0 radical (unpaired) electrons. The van der Waals surface area contributed by atoms with Gasteiger partial charge in [-0.1, -0.05) is 18.2 Å². The molecule has 1 aromatic heterocycles. The first-order valence-electron chi connectivity index (χ1n) is 8.99. The Hall–Kier alpha value is -2.06. The Morgan fingerprint density at radius 2 is 2.07 bits per heavy atom. The van der Waals surface area contributed by atoms with Crippen LogP contribution in [0.1, 0.15) is 17.9 Å². The molecule has 0 spiro atoms. The Labute approximate surface area is 156 Å². The Balaban J connectivity index is 1.45. The van der Waals surface area contributed by atoms with Crippen LogP contribution in [0.15, 0.2) is 36.5 Å². The van der Waals surface area contributed by atoms with E-state index in [1.54, 1.807) is 4.57 Å². The predicted molar refractivity (Wildman–Crippen MR) is 94.5 cm³/mol. The SMILES string of the molecule is CN(C[C@H](O)COc1ccccc1)C[C@@H]1CCc2nc(C(F)(F)F)cn2C1. The molecule has 0 unspecified atom stereocenters. The van der Waals surface area contributed by atoms with Crippen molar-refractivity contribution in [1.29, 1.82) is 0 Å². The maximum Gasteiger partial charge on any atom is 0.434 e. The van der Waals surface area contributed by atoms with E-state index >= 15 is 0 Å². The van der Waals surface area contributed by atoms with E-state index in [0.717, 1.165) is 12.6 Å². The van der Waals surface area contributed by atoms with Crippen molar-refractivity contribution in [1.82, 2.24) is 14.5 Å². The second-order valence-electron chi connectivity index (χ2n) is 7.10. The molecular weight excluding hydrogens is 359 g/mol. The summed E-state index contributed by atoms with van der Waals surface area (Å²) >= 11 is 0. The maximum atomic E-state index is 12.8. The molecule has 8 heteroatoms. The molecule has 2 heterocycles. The molecule has 0 saturated carbocycles. The summed E-state index contributed by atoms with van der Waals surface area (Å²) in [7, 11) is 1.90. The van der Waals surface area contributed by atoms with Crippen molar-refractivity contribution in [2.24, 2.45) is 5.92 Å². The molecule has 0 amide bonds. The van der Waals surface area contributed by atoms with Gasteiger partial charge in [-0.05, 0) is 31.5 Å². The van der Waals surface area contributed by atoms with Gasteiger partial charge in [0.15, 0.2) is 5.69 Å². The van der Waals surface area contributed by atoms with Crippen molar-refractivity contribution in [2.45, 2.75) is 31.7 Å². The third kappa shape index (κ3) is 5.46. The molecule has 2 aromatic rings. The van der Waals surface area contributed by atoms with E-state index in [1.165, 1.54) is 0 Å². The summed E-state index contributed by atoms with van der Waals surface area (Å²) in [4.78, 5) is 5.70. The number of aromatic nitrogens is 2. The van der Waals surface area contributed by atoms with Gasteiger partial charge in [-0.15, -0.1) is 0 Å². The lowest BCUT2D eigenvalue weighted by Crippen LogP contribution is -2.38. The van der Waals surface area contributed by atoms with E-state index in [0.29, 0.717) is 37.6 Å². The number of aliphatic hydroxyl groups is 1. The first-order chi connectivity index (χ1) is 12.8. The van der Waals surface area contributed by atoms with Crippen LogP contribution < -0.4 is 4.74 Å². The summed E-state index contributed by atoms with van der Waals surface area (Å²) < 4.78 is 45.5. The number of rotatable bonds is 7. The van der Waals surface area contributed by atoms with Crippen molar-refractivity contribution in [3.05, 3.63) is 48.0 Å². The molecule has 0 bridgehead atoms. The van der Waals surface area contributed by atoms with Crippen LogP contribution in [0, 0.1) is 5.92 Å². The van der Waals surface area contributed by atoms with Crippen molar-refractivity contribution >= 4 is 0 Å². The van der Waals surface area contributed by atoms with Crippen LogP contribution in [0.2, 0.25) is 0 Å². The maximum absolute atomic E-state index is 12.8. The third-order valence-corrected chi connectivity index (χ3v) is 4.66. The Morgan fingerprint density at radius 3 is 2.78 bits per heavy atom. The van der Waals surface area contributed by atoms with Gasteiger partial charge in [0, 0.05) is 32.3 Å². The third-order valence-electron chi connectivity index (χ3n) is 4.66. The second-order valence-corrected chi connectivity index (χ2v) is 7.10. The van der Waals surface area contributed by atoms with Crippen LogP contribution in [0.5, 0.6) is 5.75 Å². The summed E-state index contributed by atoms with van der Waals surface area (Å²) in [5.41, 5.74) is -0.819. The van der Waals surface area contributed by atoms with Gasteiger partial charge >= 0.3 is 6.18 Å². The quantitative estimate of drug-likeness (QED) is 0.799. The zero-order chi connectivity index (χ0) is 19.4. The Kier molecular flexibility index (Phi) is 6.06. The van der Waals surface area contributed by atoms with Gasteiger partial charge in [0.25, 0.3) is 0 Å². The fourth-order valence-electron chi connectivity index (χ4n) is 3.44. The number of ether oxygens (including phenoxy) is 1. The van der Waals surface area contributed by atoms with Crippen molar-refractivity contribution in [3.63, 3.8) is 0 Å². The fraction of sp³-hybridized carbons (Fsp3) is 0.526. The van der Waals surface area contributed by atoms with Crippen molar-refractivity contribution < 1.29 is 23.0 Å². The zero-order valence-electron chi connectivity index (χ0n) is 15.2. The summed E-state index contributed by atoms with van der Waals surface area (Å²) in [5.74, 6) is 1.43. The lowest BCUT2D eigenvalue weighted by Gasteiger charge is -2.29. The number of para-hydroxylation sites is 1. The average Bonchev–Trinajstić information content (AvgIpc) is 3.04. The molecule has 0 aliphatic carbocycles. The van der Waals surface area contributed by atoms with Gasteiger partial charge in [0.05, 0.1) is 0 Å². The summed E-state index contributed by atoms with van der Waals surface area (Å²) in [5, 5.41) is 10.2. The van der Waals surface area contributed by atoms with E-state index in [2.05, 4.69) is 4.98 Å². The number of aryl methyl sites for hydroxylation is 1. The number of hydrogen-bond donors (Lipinski definition) is 1. The molecule has 0 saturated heterocycles. The minimum Gasteiger partial charge on any atom is -0.491 e. The van der Waals surface area contributed by atoms with E-state index in [1.807, 2.05) is 42.3 Å². The van der Waals surface area contributed by atoms with Crippen molar-refractivity contribution in [2.75, 3.05) is 26.7 Å². The lowest BCUT2D eigenvalue weighted by atomic mass is 9.99. The highest BCUT2D eigenvalue weighted by atomic mass is 19.4. The van der Waals surface area contributed by atoms with Gasteiger partial charge in [-0.2, -0.15) is 13.2 Å². The summed E-state index contributed by atoms with van der Waals surface area (Å²) in [6, 6.07) is 9.29. The molecular formula is C19H24F3N3O2. The summed E-state index contributed by atoms with van der Waals surface area (Å²) in [6.45, 7) is 1.84. The number of alkyl halides is 3. The normalized spacial score (nSPS) is 18.4. The van der Waals surface area contributed by atoms with Crippen LogP contribution in [-0.2, 0) is 19.1 Å². The number of halogens is 3. The van der Waals surface area contributed by atoms with E-state index < -0.39 is 18.0 Å². The highest BCUT2D eigenvalue weighted by Crippen LogP contribution is 2.30. The van der Waals surface area contributed by atoms with Gasteiger partial charge in [0.1, 0.15) is 24.3 Å².